The van der Waals surface area contributed by atoms with Crippen LogP contribution in [-0.4, -0.2) is 23.8 Å². The van der Waals surface area contributed by atoms with E-state index in [1.54, 1.807) is 0 Å². The van der Waals surface area contributed by atoms with Crippen LogP contribution in [0, 0.1) is 5.92 Å². The summed E-state index contributed by atoms with van der Waals surface area (Å²) in [7, 11) is 0. The van der Waals surface area contributed by atoms with Gasteiger partial charge in [-0.2, -0.15) is 0 Å². The number of hydrogen-bond donors (Lipinski definition) is 2. The van der Waals surface area contributed by atoms with Crippen LogP contribution in [0.2, 0.25) is 0 Å². The van der Waals surface area contributed by atoms with Gasteiger partial charge in [0.25, 0.3) is 0 Å². The summed E-state index contributed by atoms with van der Waals surface area (Å²) in [6, 6.07) is 0. The lowest BCUT2D eigenvalue weighted by Gasteiger charge is -2.32. The van der Waals surface area contributed by atoms with Crippen LogP contribution in [0.4, 0.5) is 0 Å². The number of hydrogen-bond acceptors (Lipinski definition) is 2. The predicted molar refractivity (Wildman–Crippen MR) is 65.0 cm³/mol. The number of nitrogens with one attached hydrogen (secondary N) is 1. The van der Waals surface area contributed by atoms with E-state index in [1.807, 2.05) is 0 Å². The molecule has 0 heterocycles. The summed E-state index contributed by atoms with van der Waals surface area (Å²) in [5.41, 5.74) is -0.393. The molecule has 0 saturated heterocycles. The standard InChI is InChI=1S/C13H27NO/c1-12(2)7-6-10-14-11-13(15)8-4-3-5-9-13/h12,14-15H,3-11H2,1-2H3. The highest BCUT2D eigenvalue weighted by Gasteiger charge is 2.28. The molecule has 0 atom stereocenters. The summed E-state index contributed by atoms with van der Waals surface area (Å²) in [5.74, 6) is 0.796. The van der Waals surface area contributed by atoms with E-state index in [2.05, 4.69) is 19.2 Å². The summed E-state index contributed by atoms with van der Waals surface area (Å²) < 4.78 is 0. The Hall–Kier alpha value is -0.0800. The molecule has 0 bridgehead atoms. The molecule has 1 saturated carbocycles. The lowest BCUT2D eigenvalue weighted by Crippen LogP contribution is -2.42. The molecule has 0 aromatic rings. The first-order valence-corrected chi connectivity index (χ1v) is 6.55. The van der Waals surface area contributed by atoms with E-state index in [-0.39, 0.29) is 0 Å². The predicted octanol–water partition coefficient (Wildman–Crippen LogP) is 2.71. The molecule has 0 aromatic carbocycles. The summed E-state index contributed by atoms with van der Waals surface area (Å²) in [4.78, 5) is 0. The van der Waals surface area contributed by atoms with Gasteiger partial charge in [-0.3, -0.25) is 0 Å². The first-order chi connectivity index (χ1) is 7.12. The Kier molecular flexibility index (Phi) is 5.62. The van der Waals surface area contributed by atoms with Crippen molar-refractivity contribution in [3.05, 3.63) is 0 Å². The van der Waals surface area contributed by atoms with Crippen LogP contribution in [0.1, 0.15) is 58.8 Å². The van der Waals surface area contributed by atoms with Crippen molar-refractivity contribution in [3.63, 3.8) is 0 Å². The van der Waals surface area contributed by atoms with Crippen LogP contribution < -0.4 is 5.32 Å². The summed E-state index contributed by atoms with van der Waals surface area (Å²) in [6.07, 6.45) is 8.19. The lowest BCUT2D eigenvalue weighted by molar-refractivity contribution is 0.00501. The van der Waals surface area contributed by atoms with Gasteiger partial charge >= 0.3 is 0 Å². The largest absolute Gasteiger partial charge is 0.389 e. The first-order valence-electron chi connectivity index (χ1n) is 6.55. The minimum Gasteiger partial charge on any atom is -0.389 e. The van der Waals surface area contributed by atoms with Gasteiger partial charge in [0.1, 0.15) is 0 Å². The number of rotatable bonds is 6. The zero-order valence-corrected chi connectivity index (χ0v) is 10.4. The molecule has 0 amide bonds. The Bertz CT molecular complexity index is 162. The summed E-state index contributed by atoms with van der Waals surface area (Å²) in [6.45, 7) is 6.37. The van der Waals surface area contributed by atoms with Crippen LogP contribution in [0.25, 0.3) is 0 Å². The maximum Gasteiger partial charge on any atom is 0.0771 e. The topological polar surface area (TPSA) is 32.3 Å². The molecule has 1 rings (SSSR count). The Morgan fingerprint density at radius 3 is 2.47 bits per heavy atom. The third-order valence-electron chi connectivity index (χ3n) is 3.37. The highest BCUT2D eigenvalue weighted by Crippen LogP contribution is 2.27. The molecule has 0 unspecified atom stereocenters. The third kappa shape index (κ3) is 5.53. The van der Waals surface area contributed by atoms with Gasteiger partial charge in [-0.1, -0.05) is 33.1 Å². The van der Waals surface area contributed by atoms with Crippen LogP contribution in [0.3, 0.4) is 0 Å². The molecular weight excluding hydrogens is 186 g/mol. The second-order valence-corrected chi connectivity index (χ2v) is 5.50. The molecule has 1 aliphatic carbocycles. The Labute approximate surface area is 94.5 Å². The zero-order valence-electron chi connectivity index (χ0n) is 10.4. The fourth-order valence-electron chi connectivity index (χ4n) is 2.34. The van der Waals surface area contributed by atoms with E-state index in [0.29, 0.717) is 0 Å². The zero-order chi connectivity index (χ0) is 11.1. The van der Waals surface area contributed by atoms with Crippen molar-refractivity contribution < 1.29 is 5.11 Å². The maximum atomic E-state index is 10.2. The molecule has 15 heavy (non-hydrogen) atoms. The Morgan fingerprint density at radius 2 is 1.87 bits per heavy atom. The molecule has 0 aliphatic heterocycles. The van der Waals surface area contributed by atoms with Crippen LogP contribution in [0.5, 0.6) is 0 Å². The van der Waals surface area contributed by atoms with Gasteiger partial charge in [0.05, 0.1) is 5.60 Å². The lowest BCUT2D eigenvalue weighted by atomic mass is 9.85. The van der Waals surface area contributed by atoms with Crippen molar-refractivity contribution in [1.29, 1.82) is 0 Å². The normalized spacial score (nSPS) is 20.8. The van der Waals surface area contributed by atoms with Gasteiger partial charge < -0.3 is 10.4 Å². The van der Waals surface area contributed by atoms with Crippen LogP contribution in [0.15, 0.2) is 0 Å². The second-order valence-electron chi connectivity index (χ2n) is 5.50. The summed E-state index contributed by atoms with van der Waals surface area (Å²) >= 11 is 0. The highest BCUT2D eigenvalue weighted by molar-refractivity contribution is 4.84. The van der Waals surface area contributed by atoms with Crippen LogP contribution in [-0.2, 0) is 0 Å². The molecule has 0 aromatic heterocycles. The van der Waals surface area contributed by atoms with E-state index >= 15 is 0 Å². The Morgan fingerprint density at radius 1 is 1.20 bits per heavy atom. The van der Waals surface area contributed by atoms with Gasteiger partial charge in [-0.15, -0.1) is 0 Å². The van der Waals surface area contributed by atoms with Gasteiger partial charge in [-0.25, -0.2) is 0 Å². The quantitative estimate of drug-likeness (QED) is 0.665. The first kappa shape index (κ1) is 13.0. The van der Waals surface area contributed by atoms with Crippen molar-refractivity contribution in [2.75, 3.05) is 13.1 Å². The Balaban J connectivity index is 2.03. The molecule has 1 fully saturated rings. The van der Waals surface area contributed by atoms with E-state index < -0.39 is 5.60 Å². The molecule has 90 valence electrons. The fourth-order valence-corrected chi connectivity index (χ4v) is 2.34. The third-order valence-corrected chi connectivity index (χ3v) is 3.37. The average molecular weight is 213 g/mol. The second kappa shape index (κ2) is 6.49. The van der Waals surface area contributed by atoms with Gasteiger partial charge in [0.2, 0.25) is 0 Å². The molecule has 0 radical (unpaired) electrons. The molecular formula is C13H27NO. The highest BCUT2D eigenvalue weighted by atomic mass is 16.3. The smallest absolute Gasteiger partial charge is 0.0771 e. The van der Waals surface area contributed by atoms with E-state index in [4.69, 9.17) is 0 Å². The van der Waals surface area contributed by atoms with Crippen molar-refractivity contribution in [1.82, 2.24) is 5.32 Å². The van der Waals surface area contributed by atoms with Gasteiger partial charge in [-0.05, 0) is 38.1 Å². The van der Waals surface area contributed by atoms with Crippen molar-refractivity contribution in [2.45, 2.75) is 64.4 Å². The minimum atomic E-state index is -0.393. The monoisotopic (exact) mass is 213 g/mol. The van der Waals surface area contributed by atoms with Gasteiger partial charge in [0, 0.05) is 6.54 Å². The minimum absolute atomic E-state index is 0.393. The SMILES string of the molecule is CC(C)CCCNCC1(O)CCCCC1. The van der Waals surface area contributed by atoms with Crippen molar-refractivity contribution in [3.8, 4) is 0 Å². The summed E-state index contributed by atoms with van der Waals surface area (Å²) in [5, 5.41) is 13.6. The average Bonchev–Trinajstić information content (AvgIpc) is 2.17. The van der Waals surface area contributed by atoms with Crippen molar-refractivity contribution in [2.24, 2.45) is 5.92 Å². The molecule has 1 aliphatic rings. The fraction of sp³-hybridized carbons (Fsp3) is 1.00. The van der Waals surface area contributed by atoms with Crippen LogP contribution >= 0.6 is 0 Å². The number of aliphatic hydroxyl groups is 1. The maximum absolute atomic E-state index is 10.2. The van der Waals surface area contributed by atoms with E-state index in [9.17, 15) is 5.11 Å². The molecule has 2 heteroatoms. The van der Waals surface area contributed by atoms with E-state index in [0.717, 1.165) is 31.8 Å². The molecule has 0 spiro atoms. The van der Waals surface area contributed by atoms with Gasteiger partial charge in [0.15, 0.2) is 0 Å². The molecule has 2 nitrogen and oxygen atoms in total. The van der Waals surface area contributed by atoms with E-state index in [1.165, 1.54) is 32.1 Å². The van der Waals surface area contributed by atoms with Crippen molar-refractivity contribution >= 4 is 0 Å². The molecule has 2 N–H and O–H groups in total.